The van der Waals surface area contributed by atoms with Gasteiger partial charge in [-0.2, -0.15) is 4.98 Å². The topological polar surface area (TPSA) is 70.8 Å². The highest BCUT2D eigenvalue weighted by Gasteiger charge is 2.21. The van der Waals surface area contributed by atoms with Crippen LogP contribution in [-0.2, 0) is 6.42 Å². The van der Waals surface area contributed by atoms with Gasteiger partial charge in [0.25, 0.3) is 0 Å². The van der Waals surface area contributed by atoms with Crippen molar-refractivity contribution < 1.29 is 0 Å². The molecule has 19 heavy (non-hydrogen) atoms. The maximum Gasteiger partial charge on any atom is 0.244 e. The molecule has 1 atom stereocenters. The van der Waals surface area contributed by atoms with Gasteiger partial charge in [-0.25, -0.2) is 0 Å². The third-order valence-corrected chi connectivity index (χ3v) is 3.92. The van der Waals surface area contributed by atoms with Crippen LogP contribution in [0.25, 0.3) is 0 Å². The smallest absolute Gasteiger partial charge is 0.244 e. The molecule has 5 nitrogen and oxygen atoms in total. The minimum Gasteiger partial charge on any atom is -0.339 e. The van der Waals surface area contributed by atoms with Gasteiger partial charge in [-0.05, 0) is 31.7 Å². The van der Waals surface area contributed by atoms with Crippen LogP contribution >= 0.6 is 0 Å². The largest absolute Gasteiger partial charge is 0.339 e. The van der Waals surface area contributed by atoms with E-state index >= 15 is 0 Å². The number of H-pyrrole nitrogens is 1. The van der Waals surface area contributed by atoms with E-state index in [1.807, 2.05) is 0 Å². The van der Waals surface area contributed by atoms with Crippen molar-refractivity contribution in [2.45, 2.75) is 51.9 Å². The summed E-state index contributed by atoms with van der Waals surface area (Å²) in [6, 6.07) is 0. The third-order valence-electron chi connectivity index (χ3n) is 3.92. The Morgan fingerprint density at radius 2 is 2.26 bits per heavy atom. The summed E-state index contributed by atoms with van der Waals surface area (Å²) < 4.78 is 0. The molecule has 5 heteroatoms. The van der Waals surface area contributed by atoms with Gasteiger partial charge in [0.1, 0.15) is 5.82 Å². The predicted octanol–water partition coefficient (Wildman–Crippen LogP) is 2.10. The lowest BCUT2D eigenvalue weighted by Crippen LogP contribution is -2.39. The van der Waals surface area contributed by atoms with E-state index < -0.39 is 0 Å². The molecule has 0 aromatic carbocycles. The highest BCUT2D eigenvalue weighted by atomic mass is 15.4. The van der Waals surface area contributed by atoms with E-state index in [0.717, 1.165) is 37.8 Å². The van der Waals surface area contributed by atoms with Crippen LogP contribution in [0.4, 0.5) is 5.95 Å². The predicted molar refractivity (Wildman–Crippen MR) is 78.2 cm³/mol. The van der Waals surface area contributed by atoms with E-state index in [2.05, 4.69) is 27.0 Å². The van der Waals surface area contributed by atoms with Gasteiger partial charge in [-0.1, -0.05) is 26.2 Å². The van der Waals surface area contributed by atoms with Crippen molar-refractivity contribution in [2.24, 2.45) is 11.7 Å². The Kier molecular flexibility index (Phi) is 5.63. The van der Waals surface area contributed by atoms with Crippen molar-refractivity contribution in [1.29, 1.82) is 0 Å². The van der Waals surface area contributed by atoms with Crippen LogP contribution in [-0.4, -0.2) is 34.8 Å². The number of aryl methyl sites for hydroxylation is 1. The van der Waals surface area contributed by atoms with E-state index in [1.54, 1.807) is 0 Å². The maximum absolute atomic E-state index is 5.77. The molecule has 1 aliphatic rings. The Bertz CT molecular complexity index is 362. The number of hydrogen-bond donors (Lipinski definition) is 2. The Balaban J connectivity index is 1.82. The summed E-state index contributed by atoms with van der Waals surface area (Å²) >= 11 is 0. The molecular weight excluding hydrogens is 238 g/mol. The summed E-state index contributed by atoms with van der Waals surface area (Å²) in [5.41, 5.74) is 5.77. The summed E-state index contributed by atoms with van der Waals surface area (Å²) in [6.07, 6.45) is 8.52. The fourth-order valence-corrected chi connectivity index (χ4v) is 2.70. The minimum absolute atomic E-state index is 0.597. The van der Waals surface area contributed by atoms with E-state index in [9.17, 15) is 0 Å². The molecule has 108 valence electrons. The molecule has 0 aliphatic carbocycles. The van der Waals surface area contributed by atoms with Crippen LogP contribution in [0.3, 0.4) is 0 Å². The third kappa shape index (κ3) is 4.20. The molecule has 1 aliphatic heterocycles. The monoisotopic (exact) mass is 265 g/mol. The van der Waals surface area contributed by atoms with Crippen LogP contribution < -0.4 is 10.6 Å². The van der Waals surface area contributed by atoms with Crippen molar-refractivity contribution in [2.75, 3.05) is 24.5 Å². The highest BCUT2D eigenvalue weighted by molar-refractivity contribution is 5.29. The molecule has 1 fully saturated rings. The number of unbranched alkanes of at least 4 members (excludes halogenated alkanes) is 3. The molecule has 1 aromatic heterocycles. The average Bonchev–Trinajstić information content (AvgIpc) is 2.92. The fraction of sp³-hybridized carbons (Fsp3) is 0.857. The quantitative estimate of drug-likeness (QED) is 0.741. The Labute approximate surface area is 116 Å². The molecule has 1 saturated heterocycles. The zero-order chi connectivity index (χ0) is 13.5. The molecule has 0 amide bonds. The molecule has 0 saturated carbocycles. The van der Waals surface area contributed by atoms with Crippen molar-refractivity contribution in [1.82, 2.24) is 15.2 Å². The summed E-state index contributed by atoms with van der Waals surface area (Å²) in [5.74, 6) is 2.49. The van der Waals surface area contributed by atoms with Crippen molar-refractivity contribution in [3.05, 3.63) is 5.82 Å². The SMILES string of the molecule is CCCCCCc1nc(N2CCCC(CN)C2)n[nH]1. The van der Waals surface area contributed by atoms with Gasteiger partial charge in [0.2, 0.25) is 5.95 Å². The second kappa shape index (κ2) is 7.48. The number of nitrogens with zero attached hydrogens (tertiary/aromatic N) is 3. The molecule has 0 bridgehead atoms. The standard InChI is InChI=1S/C14H27N5/c1-2-3-4-5-8-13-16-14(18-17-13)19-9-6-7-12(10-15)11-19/h12H,2-11,15H2,1H3,(H,16,17,18). The summed E-state index contributed by atoms with van der Waals surface area (Å²) in [4.78, 5) is 6.89. The lowest BCUT2D eigenvalue weighted by atomic mass is 9.99. The normalized spacial score (nSPS) is 19.9. The molecule has 0 radical (unpaired) electrons. The second-order valence-electron chi connectivity index (χ2n) is 5.58. The van der Waals surface area contributed by atoms with Gasteiger partial charge in [-0.15, -0.1) is 5.10 Å². The number of piperidine rings is 1. The fourth-order valence-electron chi connectivity index (χ4n) is 2.70. The van der Waals surface area contributed by atoms with E-state index in [4.69, 9.17) is 5.73 Å². The maximum atomic E-state index is 5.77. The van der Waals surface area contributed by atoms with Crippen molar-refractivity contribution in [3.63, 3.8) is 0 Å². The first-order valence-corrected chi connectivity index (χ1v) is 7.69. The lowest BCUT2D eigenvalue weighted by molar-refractivity contribution is 0.419. The summed E-state index contributed by atoms with van der Waals surface area (Å²) in [6.45, 7) is 5.06. The van der Waals surface area contributed by atoms with Crippen LogP contribution in [0.2, 0.25) is 0 Å². The molecule has 2 heterocycles. The molecule has 2 rings (SSSR count). The molecule has 3 N–H and O–H groups in total. The van der Waals surface area contributed by atoms with Gasteiger partial charge in [0.05, 0.1) is 0 Å². The van der Waals surface area contributed by atoms with E-state index in [1.165, 1.54) is 38.5 Å². The van der Waals surface area contributed by atoms with Gasteiger partial charge in [0.15, 0.2) is 0 Å². The molecular formula is C14H27N5. The van der Waals surface area contributed by atoms with Crippen LogP contribution in [0.15, 0.2) is 0 Å². The number of nitrogens with two attached hydrogens (primary N) is 1. The highest BCUT2D eigenvalue weighted by Crippen LogP contribution is 2.19. The van der Waals surface area contributed by atoms with Gasteiger partial charge < -0.3 is 10.6 Å². The molecule has 0 spiro atoms. The first-order chi connectivity index (χ1) is 9.33. The number of rotatable bonds is 7. The Morgan fingerprint density at radius 1 is 1.37 bits per heavy atom. The number of hydrogen-bond acceptors (Lipinski definition) is 4. The molecule has 1 aromatic rings. The number of anilines is 1. The lowest BCUT2D eigenvalue weighted by Gasteiger charge is -2.31. The summed E-state index contributed by atoms with van der Waals surface area (Å²) in [5, 5.41) is 7.44. The Hall–Kier alpha value is -1.10. The number of nitrogens with one attached hydrogen (secondary N) is 1. The van der Waals surface area contributed by atoms with Crippen LogP contribution in [0.1, 0.15) is 51.3 Å². The van der Waals surface area contributed by atoms with Gasteiger partial charge >= 0.3 is 0 Å². The van der Waals surface area contributed by atoms with Crippen molar-refractivity contribution in [3.8, 4) is 0 Å². The number of aromatic amines is 1. The van der Waals surface area contributed by atoms with Crippen molar-refractivity contribution >= 4 is 5.95 Å². The zero-order valence-electron chi connectivity index (χ0n) is 12.1. The van der Waals surface area contributed by atoms with Gasteiger partial charge in [-0.3, -0.25) is 5.10 Å². The zero-order valence-corrected chi connectivity index (χ0v) is 12.1. The first kappa shape index (κ1) is 14.3. The summed E-state index contributed by atoms with van der Waals surface area (Å²) in [7, 11) is 0. The van der Waals surface area contributed by atoms with E-state index in [-0.39, 0.29) is 0 Å². The van der Waals surface area contributed by atoms with Crippen LogP contribution in [0, 0.1) is 5.92 Å². The van der Waals surface area contributed by atoms with Gasteiger partial charge in [0, 0.05) is 19.5 Å². The minimum atomic E-state index is 0.597. The molecule has 1 unspecified atom stereocenters. The Morgan fingerprint density at radius 3 is 3.05 bits per heavy atom. The van der Waals surface area contributed by atoms with E-state index in [0.29, 0.717) is 5.92 Å². The van der Waals surface area contributed by atoms with Crippen LogP contribution in [0.5, 0.6) is 0 Å². The average molecular weight is 265 g/mol. The first-order valence-electron chi connectivity index (χ1n) is 7.69. The second-order valence-corrected chi connectivity index (χ2v) is 5.58. The number of aromatic nitrogens is 3.